The first kappa shape index (κ1) is 15.9. The SMILES string of the molecule is Cc1nc(C)c(C(=O)N2CCCC(C(C)(C)C(=O)O)C2)s1. The lowest BCUT2D eigenvalue weighted by Gasteiger charge is -2.39. The van der Waals surface area contributed by atoms with Crippen LogP contribution in [-0.2, 0) is 4.79 Å². The summed E-state index contributed by atoms with van der Waals surface area (Å²) in [7, 11) is 0. The van der Waals surface area contributed by atoms with Gasteiger partial charge < -0.3 is 10.0 Å². The van der Waals surface area contributed by atoms with Crippen LogP contribution in [0, 0.1) is 25.2 Å². The molecule has 5 nitrogen and oxygen atoms in total. The molecule has 1 aliphatic heterocycles. The molecule has 6 heteroatoms. The van der Waals surface area contributed by atoms with Crippen LogP contribution in [0.3, 0.4) is 0 Å². The Morgan fingerprint density at radius 1 is 1.38 bits per heavy atom. The molecule has 116 valence electrons. The Hall–Kier alpha value is -1.43. The van der Waals surface area contributed by atoms with Crippen molar-refractivity contribution in [1.82, 2.24) is 9.88 Å². The van der Waals surface area contributed by atoms with Gasteiger partial charge in [0.25, 0.3) is 5.91 Å². The maximum Gasteiger partial charge on any atom is 0.309 e. The van der Waals surface area contributed by atoms with Crippen molar-refractivity contribution in [3.63, 3.8) is 0 Å². The number of carboxylic acids is 1. The second kappa shape index (κ2) is 5.75. The molecule has 0 aromatic carbocycles. The van der Waals surface area contributed by atoms with E-state index in [1.807, 2.05) is 13.8 Å². The third-order valence-electron chi connectivity index (χ3n) is 4.38. The number of nitrogens with zero attached hydrogens (tertiary/aromatic N) is 2. The normalized spacial score (nSPS) is 19.6. The summed E-state index contributed by atoms with van der Waals surface area (Å²) in [6, 6.07) is 0. The van der Waals surface area contributed by atoms with E-state index in [0.717, 1.165) is 23.5 Å². The zero-order valence-corrected chi connectivity index (χ0v) is 13.8. The monoisotopic (exact) mass is 310 g/mol. The van der Waals surface area contributed by atoms with Gasteiger partial charge in [-0.25, -0.2) is 4.98 Å². The number of aliphatic carboxylic acids is 1. The van der Waals surface area contributed by atoms with Crippen molar-refractivity contribution in [3.8, 4) is 0 Å². The van der Waals surface area contributed by atoms with Crippen LogP contribution in [0.1, 0.15) is 47.1 Å². The maximum absolute atomic E-state index is 12.6. The zero-order valence-electron chi connectivity index (χ0n) is 13.0. The summed E-state index contributed by atoms with van der Waals surface area (Å²) >= 11 is 1.41. The van der Waals surface area contributed by atoms with E-state index in [1.54, 1.807) is 18.7 Å². The van der Waals surface area contributed by atoms with Gasteiger partial charge in [-0.15, -0.1) is 11.3 Å². The van der Waals surface area contributed by atoms with Crippen molar-refractivity contribution in [1.29, 1.82) is 0 Å². The first-order valence-electron chi connectivity index (χ1n) is 7.20. The summed E-state index contributed by atoms with van der Waals surface area (Å²) in [6.45, 7) is 8.43. The molecular formula is C15H22N2O3S. The van der Waals surface area contributed by atoms with Gasteiger partial charge in [-0.1, -0.05) is 0 Å². The topological polar surface area (TPSA) is 70.5 Å². The fraction of sp³-hybridized carbons (Fsp3) is 0.667. The van der Waals surface area contributed by atoms with Crippen LogP contribution in [0.2, 0.25) is 0 Å². The fourth-order valence-electron chi connectivity index (χ4n) is 2.80. The second-order valence-electron chi connectivity index (χ2n) is 6.26. The van der Waals surface area contributed by atoms with Crippen molar-refractivity contribution in [2.45, 2.75) is 40.5 Å². The van der Waals surface area contributed by atoms with Crippen LogP contribution in [-0.4, -0.2) is 40.0 Å². The number of hydrogen-bond acceptors (Lipinski definition) is 4. The van der Waals surface area contributed by atoms with Crippen molar-refractivity contribution < 1.29 is 14.7 Å². The molecule has 21 heavy (non-hydrogen) atoms. The lowest BCUT2D eigenvalue weighted by Crippen LogP contribution is -2.46. The highest BCUT2D eigenvalue weighted by atomic mass is 32.1. The van der Waals surface area contributed by atoms with Gasteiger partial charge in [0.1, 0.15) is 4.88 Å². The molecule has 1 saturated heterocycles. The molecule has 0 aliphatic carbocycles. The minimum Gasteiger partial charge on any atom is -0.481 e. The molecule has 1 amide bonds. The van der Waals surface area contributed by atoms with Crippen molar-refractivity contribution >= 4 is 23.2 Å². The molecule has 2 heterocycles. The number of carboxylic acid groups (broad SMARTS) is 1. The maximum atomic E-state index is 12.6. The molecule has 0 bridgehead atoms. The highest BCUT2D eigenvalue weighted by Crippen LogP contribution is 2.35. The Kier molecular flexibility index (Phi) is 4.37. The molecule has 1 atom stereocenters. The van der Waals surface area contributed by atoms with Crippen LogP contribution < -0.4 is 0 Å². The average Bonchev–Trinajstić information content (AvgIpc) is 2.76. The Labute approximate surface area is 129 Å². The third-order valence-corrected chi connectivity index (χ3v) is 5.44. The van der Waals surface area contributed by atoms with Gasteiger partial charge in [-0.3, -0.25) is 9.59 Å². The van der Waals surface area contributed by atoms with E-state index in [2.05, 4.69) is 4.98 Å². The summed E-state index contributed by atoms with van der Waals surface area (Å²) in [6.07, 6.45) is 1.70. The molecule has 1 fully saturated rings. The van der Waals surface area contributed by atoms with Crippen LogP contribution in [0.5, 0.6) is 0 Å². The average molecular weight is 310 g/mol. The number of aryl methyl sites for hydroxylation is 2. The van der Waals surface area contributed by atoms with E-state index in [4.69, 9.17) is 0 Å². The minimum absolute atomic E-state index is 0.0102. The summed E-state index contributed by atoms with van der Waals surface area (Å²) in [5, 5.41) is 10.3. The second-order valence-corrected chi connectivity index (χ2v) is 7.47. The first-order chi connectivity index (χ1) is 9.73. The minimum atomic E-state index is -0.808. The van der Waals surface area contributed by atoms with Gasteiger partial charge >= 0.3 is 5.97 Å². The number of carbonyl (C=O) groups excluding carboxylic acids is 1. The third kappa shape index (κ3) is 3.10. The van der Waals surface area contributed by atoms with Crippen LogP contribution in [0.25, 0.3) is 0 Å². The molecule has 1 aromatic rings. The lowest BCUT2D eigenvalue weighted by molar-refractivity contribution is -0.151. The van der Waals surface area contributed by atoms with Crippen LogP contribution in [0.15, 0.2) is 0 Å². The predicted molar refractivity (Wildman–Crippen MR) is 81.6 cm³/mol. The van der Waals surface area contributed by atoms with Crippen molar-refractivity contribution in [2.24, 2.45) is 11.3 Å². The van der Waals surface area contributed by atoms with Crippen molar-refractivity contribution in [2.75, 3.05) is 13.1 Å². The number of aromatic nitrogens is 1. The number of amides is 1. The number of rotatable bonds is 3. The summed E-state index contributed by atoms with van der Waals surface area (Å²) in [5.41, 5.74) is -0.0421. The molecular weight excluding hydrogens is 288 g/mol. The van der Waals surface area contributed by atoms with E-state index >= 15 is 0 Å². The number of thiazole rings is 1. The Morgan fingerprint density at radius 2 is 2.05 bits per heavy atom. The number of carbonyl (C=O) groups is 2. The highest BCUT2D eigenvalue weighted by Gasteiger charge is 2.40. The van der Waals surface area contributed by atoms with E-state index in [9.17, 15) is 14.7 Å². The molecule has 1 aliphatic rings. The van der Waals surface area contributed by atoms with Gasteiger partial charge in [0.2, 0.25) is 0 Å². The van der Waals surface area contributed by atoms with E-state index in [-0.39, 0.29) is 11.8 Å². The van der Waals surface area contributed by atoms with Crippen LogP contribution >= 0.6 is 11.3 Å². The number of hydrogen-bond donors (Lipinski definition) is 1. The smallest absolute Gasteiger partial charge is 0.309 e. The van der Waals surface area contributed by atoms with E-state index in [0.29, 0.717) is 18.0 Å². The molecule has 0 saturated carbocycles. The first-order valence-corrected chi connectivity index (χ1v) is 8.02. The van der Waals surface area contributed by atoms with E-state index < -0.39 is 11.4 Å². The molecule has 2 rings (SSSR count). The standard InChI is InChI=1S/C15H22N2O3S/c1-9-12(21-10(2)16-9)13(18)17-7-5-6-11(8-17)15(3,4)14(19)20/h11H,5-8H2,1-4H3,(H,19,20). The lowest BCUT2D eigenvalue weighted by atomic mass is 9.74. The van der Waals surface area contributed by atoms with Gasteiger partial charge in [-0.2, -0.15) is 0 Å². The summed E-state index contributed by atoms with van der Waals surface area (Å²) < 4.78 is 0. The Morgan fingerprint density at radius 3 is 2.57 bits per heavy atom. The Balaban J connectivity index is 2.16. The van der Waals surface area contributed by atoms with Gasteiger partial charge in [0.15, 0.2) is 0 Å². The number of likely N-dealkylation sites (tertiary alicyclic amines) is 1. The zero-order chi connectivity index (χ0) is 15.8. The number of piperidine rings is 1. The van der Waals surface area contributed by atoms with Crippen molar-refractivity contribution in [3.05, 3.63) is 15.6 Å². The fourth-order valence-corrected chi connectivity index (χ4v) is 3.69. The molecule has 1 N–H and O–H groups in total. The van der Waals surface area contributed by atoms with Gasteiger partial charge in [0, 0.05) is 13.1 Å². The predicted octanol–water partition coefficient (Wildman–Crippen LogP) is 2.72. The molecule has 1 unspecified atom stereocenters. The molecule has 0 radical (unpaired) electrons. The van der Waals surface area contributed by atoms with Gasteiger partial charge in [0.05, 0.1) is 16.1 Å². The van der Waals surface area contributed by atoms with Gasteiger partial charge in [-0.05, 0) is 46.5 Å². The highest BCUT2D eigenvalue weighted by molar-refractivity contribution is 7.13. The van der Waals surface area contributed by atoms with E-state index in [1.165, 1.54) is 11.3 Å². The summed E-state index contributed by atoms with van der Waals surface area (Å²) in [4.78, 5) is 30.8. The summed E-state index contributed by atoms with van der Waals surface area (Å²) in [5.74, 6) is -0.822. The quantitative estimate of drug-likeness (QED) is 0.932. The molecule has 0 spiro atoms. The van der Waals surface area contributed by atoms with Crippen LogP contribution in [0.4, 0.5) is 0 Å². The largest absolute Gasteiger partial charge is 0.481 e. The Bertz CT molecular complexity index is 565. The molecule has 1 aromatic heterocycles.